The first-order chi connectivity index (χ1) is 10.6. The smallest absolute Gasteiger partial charge is 0.340 e. The van der Waals surface area contributed by atoms with E-state index in [1.54, 1.807) is 42.5 Å². The average Bonchev–Trinajstić information content (AvgIpc) is 2.81. The molecular formula is C18H10O4. The highest BCUT2D eigenvalue weighted by Gasteiger charge is 2.35. The van der Waals surface area contributed by atoms with Crippen LogP contribution in [0.5, 0.6) is 5.75 Å². The van der Waals surface area contributed by atoms with Gasteiger partial charge < -0.3 is 10.2 Å². The molecule has 3 aromatic carbocycles. The van der Waals surface area contributed by atoms with Gasteiger partial charge in [-0.3, -0.25) is 4.79 Å². The molecular weight excluding hydrogens is 280 g/mol. The Kier molecular flexibility index (Phi) is 2.39. The standard InChI is InChI=1S/C18H10O4/c19-16-11-7-3-1-5-9(11)13-10-6-2-4-8-12(10)17(20)15(14(13)16)18(21)22/h1-8,20H,(H,21,22). The zero-order valence-corrected chi connectivity index (χ0v) is 11.3. The van der Waals surface area contributed by atoms with E-state index in [1.165, 1.54) is 0 Å². The van der Waals surface area contributed by atoms with E-state index in [9.17, 15) is 19.8 Å². The molecule has 0 saturated carbocycles. The summed E-state index contributed by atoms with van der Waals surface area (Å²) >= 11 is 0. The fraction of sp³-hybridized carbons (Fsp3) is 0. The number of carbonyl (C=O) groups is 2. The lowest BCUT2D eigenvalue weighted by Crippen LogP contribution is -2.07. The quantitative estimate of drug-likeness (QED) is 0.563. The topological polar surface area (TPSA) is 74.6 Å². The summed E-state index contributed by atoms with van der Waals surface area (Å²) in [6.45, 7) is 0. The second-order valence-corrected chi connectivity index (χ2v) is 5.20. The highest BCUT2D eigenvalue weighted by molar-refractivity contribution is 6.30. The number of fused-ring (bicyclic) bond motifs is 5. The highest BCUT2D eigenvalue weighted by Crippen LogP contribution is 2.46. The van der Waals surface area contributed by atoms with E-state index < -0.39 is 5.97 Å². The highest BCUT2D eigenvalue weighted by atomic mass is 16.4. The van der Waals surface area contributed by atoms with Gasteiger partial charge in [0.25, 0.3) is 0 Å². The van der Waals surface area contributed by atoms with Crippen LogP contribution in [-0.4, -0.2) is 22.0 Å². The van der Waals surface area contributed by atoms with Crippen molar-refractivity contribution in [3.63, 3.8) is 0 Å². The molecule has 0 aliphatic heterocycles. The monoisotopic (exact) mass is 290 g/mol. The second kappa shape index (κ2) is 4.18. The van der Waals surface area contributed by atoms with Gasteiger partial charge in [-0.2, -0.15) is 0 Å². The van der Waals surface area contributed by atoms with Crippen LogP contribution in [-0.2, 0) is 0 Å². The molecule has 0 unspecified atom stereocenters. The van der Waals surface area contributed by atoms with Crippen LogP contribution in [0.15, 0.2) is 48.5 Å². The lowest BCUT2D eigenvalue weighted by atomic mass is 9.92. The molecule has 3 aromatic rings. The molecule has 0 spiro atoms. The molecule has 22 heavy (non-hydrogen) atoms. The van der Waals surface area contributed by atoms with Crippen LogP contribution in [0, 0.1) is 0 Å². The average molecular weight is 290 g/mol. The van der Waals surface area contributed by atoms with Gasteiger partial charge in [0.1, 0.15) is 11.3 Å². The van der Waals surface area contributed by atoms with Crippen molar-refractivity contribution in [1.29, 1.82) is 0 Å². The van der Waals surface area contributed by atoms with Crippen LogP contribution < -0.4 is 0 Å². The number of phenols is 1. The Bertz CT molecular complexity index is 986. The van der Waals surface area contributed by atoms with Crippen LogP contribution in [0.25, 0.3) is 21.9 Å². The number of aromatic hydroxyl groups is 1. The molecule has 4 rings (SSSR count). The van der Waals surface area contributed by atoms with E-state index in [4.69, 9.17) is 0 Å². The Morgan fingerprint density at radius 1 is 0.818 bits per heavy atom. The van der Waals surface area contributed by atoms with E-state index in [2.05, 4.69) is 0 Å². The number of aromatic carboxylic acids is 1. The molecule has 0 aromatic heterocycles. The molecule has 0 atom stereocenters. The Morgan fingerprint density at radius 2 is 1.41 bits per heavy atom. The molecule has 0 saturated heterocycles. The van der Waals surface area contributed by atoms with Crippen LogP contribution in [0.1, 0.15) is 26.3 Å². The van der Waals surface area contributed by atoms with Gasteiger partial charge in [0.15, 0.2) is 5.78 Å². The third-order valence-corrected chi connectivity index (χ3v) is 4.07. The third kappa shape index (κ3) is 1.41. The first kappa shape index (κ1) is 12.6. The molecule has 4 nitrogen and oxygen atoms in total. The molecule has 2 N–H and O–H groups in total. The number of carboxylic acids is 1. The van der Waals surface area contributed by atoms with Crippen LogP contribution in [0.3, 0.4) is 0 Å². The van der Waals surface area contributed by atoms with Gasteiger partial charge in [-0.15, -0.1) is 0 Å². The van der Waals surface area contributed by atoms with E-state index in [0.29, 0.717) is 27.5 Å². The minimum atomic E-state index is -1.30. The number of carbonyl (C=O) groups excluding carboxylic acids is 1. The lowest BCUT2D eigenvalue weighted by Gasteiger charge is -2.11. The third-order valence-electron chi connectivity index (χ3n) is 4.07. The fourth-order valence-corrected chi connectivity index (χ4v) is 3.17. The van der Waals surface area contributed by atoms with Gasteiger partial charge in [0, 0.05) is 22.1 Å². The Morgan fingerprint density at radius 3 is 2.09 bits per heavy atom. The molecule has 0 fully saturated rings. The molecule has 1 aliphatic rings. The van der Waals surface area contributed by atoms with Crippen molar-refractivity contribution < 1.29 is 19.8 Å². The Hall–Kier alpha value is -3.14. The van der Waals surface area contributed by atoms with Gasteiger partial charge in [-0.25, -0.2) is 4.79 Å². The van der Waals surface area contributed by atoms with Gasteiger partial charge in [0.2, 0.25) is 0 Å². The van der Waals surface area contributed by atoms with Gasteiger partial charge >= 0.3 is 5.97 Å². The second-order valence-electron chi connectivity index (χ2n) is 5.20. The van der Waals surface area contributed by atoms with Crippen molar-refractivity contribution in [1.82, 2.24) is 0 Å². The molecule has 1 aliphatic carbocycles. The van der Waals surface area contributed by atoms with Crippen LogP contribution in [0.4, 0.5) is 0 Å². The van der Waals surface area contributed by atoms with Crippen molar-refractivity contribution in [2.24, 2.45) is 0 Å². The number of hydrogen-bond acceptors (Lipinski definition) is 3. The predicted octanol–water partition coefficient (Wildman–Crippen LogP) is 3.46. The summed E-state index contributed by atoms with van der Waals surface area (Å²) in [7, 11) is 0. The zero-order valence-electron chi connectivity index (χ0n) is 11.3. The summed E-state index contributed by atoms with van der Waals surface area (Å²) in [5.41, 5.74) is 1.52. The molecule has 0 bridgehead atoms. The van der Waals surface area contributed by atoms with Crippen molar-refractivity contribution in [2.45, 2.75) is 0 Å². The van der Waals surface area contributed by atoms with Crippen molar-refractivity contribution in [3.05, 3.63) is 65.2 Å². The van der Waals surface area contributed by atoms with E-state index >= 15 is 0 Å². The van der Waals surface area contributed by atoms with E-state index in [-0.39, 0.29) is 22.7 Å². The summed E-state index contributed by atoms with van der Waals surface area (Å²) < 4.78 is 0. The van der Waals surface area contributed by atoms with Crippen LogP contribution in [0.2, 0.25) is 0 Å². The number of carboxylic acid groups (broad SMARTS) is 1. The molecule has 0 heterocycles. The van der Waals surface area contributed by atoms with Crippen LogP contribution >= 0.6 is 0 Å². The number of rotatable bonds is 1. The normalized spacial score (nSPS) is 12.3. The van der Waals surface area contributed by atoms with Crippen molar-refractivity contribution in [3.8, 4) is 16.9 Å². The summed E-state index contributed by atoms with van der Waals surface area (Å²) in [6.07, 6.45) is 0. The van der Waals surface area contributed by atoms with Crippen molar-refractivity contribution >= 4 is 22.5 Å². The summed E-state index contributed by atoms with van der Waals surface area (Å²) in [6, 6.07) is 14.0. The number of hydrogen-bond donors (Lipinski definition) is 2. The minimum Gasteiger partial charge on any atom is -0.506 e. The Labute approximate surface area is 125 Å². The van der Waals surface area contributed by atoms with E-state index in [1.807, 2.05) is 6.07 Å². The first-order valence-electron chi connectivity index (χ1n) is 6.76. The maximum Gasteiger partial charge on any atom is 0.340 e. The number of ketones is 1. The lowest BCUT2D eigenvalue weighted by molar-refractivity contribution is 0.0690. The maximum atomic E-state index is 12.6. The Balaban J connectivity index is 2.30. The molecule has 106 valence electrons. The van der Waals surface area contributed by atoms with Gasteiger partial charge in [0.05, 0.1) is 0 Å². The summed E-state index contributed by atoms with van der Waals surface area (Å²) in [4.78, 5) is 24.2. The predicted molar refractivity (Wildman–Crippen MR) is 81.4 cm³/mol. The molecule has 0 amide bonds. The maximum absolute atomic E-state index is 12.6. The first-order valence-corrected chi connectivity index (χ1v) is 6.76. The SMILES string of the molecule is O=C(O)c1c2c(c3ccccc3c1O)-c1ccccc1C2=O. The molecule has 0 radical (unpaired) electrons. The molecule has 4 heteroatoms. The minimum absolute atomic E-state index is 0.0740. The van der Waals surface area contributed by atoms with Gasteiger partial charge in [-0.1, -0.05) is 48.5 Å². The summed E-state index contributed by atoms with van der Waals surface area (Å²) in [5.74, 6) is -2.02. The fourth-order valence-electron chi connectivity index (χ4n) is 3.17. The largest absolute Gasteiger partial charge is 0.506 e. The van der Waals surface area contributed by atoms with Gasteiger partial charge in [-0.05, 0) is 10.9 Å². The van der Waals surface area contributed by atoms with E-state index in [0.717, 1.165) is 0 Å². The zero-order chi connectivity index (χ0) is 15.4. The van der Waals surface area contributed by atoms with Crippen molar-refractivity contribution in [2.75, 3.05) is 0 Å². The summed E-state index contributed by atoms with van der Waals surface area (Å²) in [5, 5.41) is 20.9. The number of benzene rings is 3.